The molecule has 0 N–H and O–H groups in total. The Balaban J connectivity index is 3.53. The van der Waals surface area contributed by atoms with E-state index < -0.39 is 0 Å². The first-order chi connectivity index (χ1) is 19.6. The summed E-state index contributed by atoms with van der Waals surface area (Å²) in [4.78, 5) is 24.3. The highest BCUT2D eigenvalue weighted by Gasteiger charge is 2.15. The van der Waals surface area contributed by atoms with Crippen LogP contribution in [0.2, 0.25) is 0 Å². The van der Waals surface area contributed by atoms with Crippen LogP contribution >= 0.6 is 22.6 Å². The number of ether oxygens (including phenoxy) is 2. The first-order valence-electron chi connectivity index (χ1n) is 17.5. The van der Waals surface area contributed by atoms with Crippen molar-refractivity contribution in [2.24, 2.45) is 0 Å². The minimum Gasteiger partial charge on any atom is -0.462 e. The zero-order chi connectivity index (χ0) is 29.4. The summed E-state index contributed by atoms with van der Waals surface area (Å²) in [5, 5.41) is 0. The summed E-state index contributed by atoms with van der Waals surface area (Å²) in [5.41, 5.74) is 0. The molecule has 0 aromatic rings. The van der Waals surface area contributed by atoms with Gasteiger partial charge in [0.15, 0.2) is 0 Å². The highest BCUT2D eigenvalue weighted by molar-refractivity contribution is 14.1. The van der Waals surface area contributed by atoms with Crippen LogP contribution in [0.15, 0.2) is 0 Å². The molecule has 0 rings (SSSR count). The van der Waals surface area contributed by atoms with Crippen molar-refractivity contribution in [2.75, 3.05) is 11.0 Å². The third-order valence-corrected chi connectivity index (χ3v) is 8.85. The molecule has 0 aliphatic carbocycles. The van der Waals surface area contributed by atoms with Crippen molar-refractivity contribution in [1.82, 2.24) is 0 Å². The fourth-order valence-corrected chi connectivity index (χ4v) is 5.62. The van der Waals surface area contributed by atoms with Gasteiger partial charge in [-0.15, -0.1) is 0 Å². The molecule has 0 saturated heterocycles. The first-order valence-corrected chi connectivity index (χ1v) is 19.1. The first kappa shape index (κ1) is 39.7. The van der Waals surface area contributed by atoms with Crippen molar-refractivity contribution in [3.05, 3.63) is 0 Å². The Morgan fingerprint density at radius 1 is 0.475 bits per heavy atom. The molecule has 0 fully saturated rings. The number of rotatable bonds is 32. The van der Waals surface area contributed by atoms with Gasteiger partial charge in [-0.1, -0.05) is 191 Å². The summed E-state index contributed by atoms with van der Waals surface area (Å²) in [7, 11) is 0. The molecule has 0 amide bonds. The van der Waals surface area contributed by atoms with E-state index in [1.807, 2.05) is 0 Å². The van der Waals surface area contributed by atoms with Crippen LogP contribution in [0.3, 0.4) is 0 Å². The van der Waals surface area contributed by atoms with Crippen LogP contribution in [0.4, 0.5) is 0 Å². The Hall–Kier alpha value is -0.330. The van der Waals surface area contributed by atoms with Crippen LogP contribution in [0, 0.1) is 0 Å². The lowest BCUT2D eigenvalue weighted by Gasteiger charge is -2.15. The molecule has 0 bridgehead atoms. The fourth-order valence-electron chi connectivity index (χ4n) is 5.19. The summed E-state index contributed by atoms with van der Waals surface area (Å²) in [6.45, 7) is 4.72. The third kappa shape index (κ3) is 30.6. The van der Waals surface area contributed by atoms with Crippen LogP contribution in [0.25, 0.3) is 0 Å². The van der Waals surface area contributed by atoms with E-state index >= 15 is 0 Å². The second kappa shape index (κ2) is 33.2. The summed E-state index contributed by atoms with van der Waals surface area (Å²) in [5.74, 6) is -0.317. The smallest absolute Gasteiger partial charge is 0.306 e. The van der Waals surface area contributed by atoms with Gasteiger partial charge < -0.3 is 9.47 Å². The van der Waals surface area contributed by atoms with Crippen LogP contribution in [0.5, 0.6) is 0 Å². The molecule has 0 spiro atoms. The average molecular weight is 679 g/mol. The summed E-state index contributed by atoms with van der Waals surface area (Å²) in [6.07, 6.45) is 34.3. The second-order valence-electron chi connectivity index (χ2n) is 11.9. The van der Waals surface area contributed by atoms with Gasteiger partial charge in [-0.05, 0) is 12.8 Å². The fraction of sp³-hybridized carbons (Fsp3) is 0.943. The lowest BCUT2D eigenvalue weighted by atomic mass is 10.0. The number of carbonyl (C=O) groups excluding carboxylic acids is 2. The van der Waals surface area contributed by atoms with Gasteiger partial charge >= 0.3 is 11.9 Å². The van der Waals surface area contributed by atoms with Crippen molar-refractivity contribution in [1.29, 1.82) is 0 Å². The van der Waals surface area contributed by atoms with Crippen molar-refractivity contribution >= 4 is 34.5 Å². The van der Waals surface area contributed by atoms with Crippen molar-refractivity contribution in [2.45, 2.75) is 200 Å². The molecule has 1 atom stereocenters. The molecular formula is C35H67IO4. The molecule has 0 aliphatic rings. The standard InChI is InChI=1S/C35H67IO4/c1-3-5-7-9-11-13-15-17-19-21-23-25-27-29-34(37)39-32-33(31-36)40-35(38)30-28-26-24-22-20-18-16-14-12-10-8-6-4-2/h33H,3-32H2,1-2H3/t33-/m0/s1. The van der Waals surface area contributed by atoms with Crippen molar-refractivity contribution in [3.8, 4) is 0 Å². The Kier molecular flexibility index (Phi) is 32.9. The van der Waals surface area contributed by atoms with Crippen LogP contribution < -0.4 is 0 Å². The van der Waals surface area contributed by atoms with E-state index in [4.69, 9.17) is 9.47 Å². The van der Waals surface area contributed by atoms with Crippen LogP contribution in [-0.4, -0.2) is 29.1 Å². The highest BCUT2D eigenvalue weighted by atomic mass is 127. The molecule has 0 heterocycles. The molecule has 0 unspecified atom stereocenters. The van der Waals surface area contributed by atoms with Crippen molar-refractivity contribution < 1.29 is 19.1 Å². The summed E-state index contributed by atoms with van der Waals surface area (Å²) < 4.78 is 11.6. The average Bonchev–Trinajstić information content (AvgIpc) is 2.96. The molecule has 4 nitrogen and oxygen atoms in total. The highest BCUT2D eigenvalue weighted by Crippen LogP contribution is 2.15. The van der Waals surface area contributed by atoms with Gasteiger partial charge in [0.25, 0.3) is 0 Å². The van der Waals surface area contributed by atoms with Crippen molar-refractivity contribution in [3.63, 3.8) is 0 Å². The van der Waals surface area contributed by atoms with E-state index in [2.05, 4.69) is 36.4 Å². The summed E-state index contributed by atoms with van der Waals surface area (Å²) >= 11 is 2.20. The second-order valence-corrected chi connectivity index (χ2v) is 12.8. The Labute approximate surface area is 263 Å². The normalized spacial score (nSPS) is 12.0. The zero-order valence-corrected chi connectivity index (χ0v) is 29.0. The van der Waals surface area contributed by atoms with Gasteiger partial charge in [0.1, 0.15) is 12.7 Å². The summed E-state index contributed by atoms with van der Waals surface area (Å²) in [6, 6.07) is 0. The maximum absolute atomic E-state index is 12.2. The Morgan fingerprint density at radius 2 is 0.775 bits per heavy atom. The molecule has 0 aromatic carbocycles. The maximum Gasteiger partial charge on any atom is 0.306 e. The van der Waals surface area contributed by atoms with Crippen LogP contribution in [-0.2, 0) is 19.1 Å². The predicted octanol–water partition coefficient (Wildman–Crippen LogP) is 11.8. The SMILES string of the molecule is CCCCCCCCCCCCCCCC(=O)OC[C@H](CI)OC(=O)CCCCCCCCCCCCCCC. The molecule has 0 saturated carbocycles. The number of alkyl halides is 1. The minimum atomic E-state index is -0.328. The Morgan fingerprint density at radius 3 is 1.10 bits per heavy atom. The molecular weight excluding hydrogens is 611 g/mol. The molecule has 0 aliphatic heterocycles. The quantitative estimate of drug-likeness (QED) is 0.0308. The lowest BCUT2D eigenvalue weighted by molar-refractivity contribution is -0.157. The van der Waals surface area contributed by atoms with Gasteiger partial charge in [0.2, 0.25) is 0 Å². The number of esters is 2. The topological polar surface area (TPSA) is 52.6 Å². The number of unbranched alkanes of at least 4 members (excludes halogenated alkanes) is 24. The Bertz CT molecular complexity index is 539. The van der Waals surface area contributed by atoms with Gasteiger partial charge in [-0.2, -0.15) is 0 Å². The van der Waals surface area contributed by atoms with E-state index in [0.717, 1.165) is 25.7 Å². The zero-order valence-electron chi connectivity index (χ0n) is 26.8. The molecule has 0 radical (unpaired) electrons. The van der Waals surface area contributed by atoms with Gasteiger partial charge in [-0.3, -0.25) is 9.59 Å². The van der Waals surface area contributed by atoms with E-state index in [9.17, 15) is 9.59 Å². The van der Waals surface area contributed by atoms with Gasteiger partial charge in [-0.25, -0.2) is 0 Å². The van der Waals surface area contributed by atoms with Gasteiger partial charge in [0, 0.05) is 17.3 Å². The monoisotopic (exact) mass is 678 g/mol. The van der Waals surface area contributed by atoms with E-state index in [1.54, 1.807) is 0 Å². The third-order valence-electron chi connectivity index (χ3n) is 7.87. The lowest BCUT2D eigenvalue weighted by Crippen LogP contribution is -2.26. The largest absolute Gasteiger partial charge is 0.462 e. The molecule has 5 heteroatoms. The maximum atomic E-state index is 12.2. The van der Waals surface area contributed by atoms with E-state index in [-0.39, 0.29) is 24.6 Å². The number of halogens is 1. The van der Waals surface area contributed by atoms with E-state index in [0.29, 0.717) is 17.3 Å². The molecule has 40 heavy (non-hydrogen) atoms. The van der Waals surface area contributed by atoms with E-state index in [1.165, 1.54) is 141 Å². The molecule has 0 aromatic heterocycles. The van der Waals surface area contributed by atoms with Crippen LogP contribution in [0.1, 0.15) is 194 Å². The molecule has 238 valence electrons. The predicted molar refractivity (Wildman–Crippen MR) is 180 cm³/mol. The number of hydrogen-bond acceptors (Lipinski definition) is 4. The van der Waals surface area contributed by atoms with Gasteiger partial charge in [0.05, 0.1) is 0 Å². The number of carbonyl (C=O) groups is 2. The minimum absolute atomic E-state index is 0.155. The number of hydrogen-bond donors (Lipinski definition) is 0.